The van der Waals surface area contributed by atoms with Crippen LogP contribution in [0, 0.1) is 5.95 Å². The molecule has 1 amide bonds. The van der Waals surface area contributed by atoms with Gasteiger partial charge in [0.1, 0.15) is 6.61 Å². The molecule has 0 spiro atoms. The largest absolute Gasteiger partial charge is 0.475 e. The van der Waals surface area contributed by atoms with E-state index in [-0.39, 0.29) is 5.56 Å². The van der Waals surface area contributed by atoms with Gasteiger partial charge < -0.3 is 14.8 Å². The lowest BCUT2D eigenvalue weighted by molar-refractivity contribution is 0.102. The Hall–Kier alpha value is -2.54. The van der Waals surface area contributed by atoms with E-state index in [0.717, 1.165) is 6.07 Å². The first kappa shape index (κ1) is 14.9. The highest BCUT2D eigenvalue weighted by atomic mass is 19.1. The Labute approximate surface area is 120 Å². The van der Waals surface area contributed by atoms with E-state index in [9.17, 15) is 9.18 Å². The topological polar surface area (TPSA) is 73.3 Å². The zero-order chi connectivity index (χ0) is 15.1. The predicted molar refractivity (Wildman–Crippen MR) is 73.8 cm³/mol. The monoisotopic (exact) mass is 291 g/mol. The molecule has 0 aliphatic carbocycles. The summed E-state index contributed by atoms with van der Waals surface area (Å²) in [6.45, 7) is 0.860. The Morgan fingerprint density at radius 3 is 2.81 bits per heavy atom. The molecule has 0 atom stereocenters. The number of aromatic nitrogens is 2. The zero-order valence-corrected chi connectivity index (χ0v) is 11.4. The Kier molecular flexibility index (Phi) is 5.16. The zero-order valence-electron chi connectivity index (χ0n) is 11.4. The van der Waals surface area contributed by atoms with Crippen LogP contribution in [0.2, 0.25) is 0 Å². The third-order valence-corrected chi connectivity index (χ3v) is 2.52. The maximum atomic E-state index is 12.9. The molecule has 0 aliphatic heterocycles. The van der Waals surface area contributed by atoms with E-state index < -0.39 is 11.9 Å². The van der Waals surface area contributed by atoms with E-state index >= 15 is 0 Å². The molecule has 0 fully saturated rings. The first-order valence-corrected chi connectivity index (χ1v) is 6.20. The minimum Gasteiger partial charge on any atom is -0.475 e. The second-order valence-corrected chi connectivity index (χ2v) is 4.05. The molecule has 2 rings (SSSR count). The number of ether oxygens (including phenoxy) is 2. The SMILES string of the molecule is COCCOc1ccc(NC(=O)c2ccnc(F)c2)cn1. The highest BCUT2D eigenvalue weighted by Crippen LogP contribution is 2.13. The fraction of sp³-hybridized carbons (Fsp3) is 0.214. The summed E-state index contributed by atoms with van der Waals surface area (Å²) in [5.41, 5.74) is 0.666. The maximum absolute atomic E-state index is 12.9. The van der Waals surface area contributed by atoms with Gasteiger partial charge in [-0.3, -0.25) is 4.79 Å². The number of halogens is 1. The fourth-order valence-electron chi connectivity index (χ4n) is 1.52. The summed E-state index contributed by atoms with van der Waals surface area (Å²) < 4.78 is 23.1. The first-order chi connectivity index (χ1) is 10.2. The van der Waals surface area contributed by atoms with Crippen molar-refractivity contribution in [3.05, 3.63) is 48.2 Å². The molecule has 21 heavy (non-hydrogen) atoms. The summed E-state index contributed by atoms with van der Waals surface area (Å²) in [6, 6.07) is 5.75. The van der Waals surface area contributed by atoms with Gasteiger partial charge in [-0.25, -0.2) is 9.97 Å². The molecule has 0 aliphatic rings. The molecule has 0 saturated heterocycles. The second-order valence-electron chi connectivity index (χ2n) is 4.05. The van der Waals surface area contributed by atoms with Crippen LogP contribution in [0.5, 0.6) is 5.88 Å². The summed E-state index contributed by atoms with van der Waals surface area (Å²) in [6.07, 6.45) is 2.69. The van der Waals surface area contributed by atoms with E-state index in [2.05, 4.69) is 15.3 Å². The summed E-state index contributed by atoms with van der Waals surface area (Å²) in [7, 11) is 1.58. The number of hydrogen-bond acceptors (Lipinski definition) is 5. The van der Waals surface area contributed by atoms with Crippen molar-refractivity contribution in [1.82, 2.24) is 9.97 Å². The summed E-state index contributed by atoms with van der Waals surface area (Å²) in [5, 5.41) is 2.60. The number of nitrogens with zero attached hydrogens (tertiary/aromatic N) is 2. The highest BCUT2D eigenvalue weighted by Gasteiger charge is 2.07. The molecule has 6 nitrogen and oxygen atoms in total. The molecule has 110 valence electrons. The summed E-state index contributed by atoms with van der Waals surface area (Å²) in [5.74, 6) is -0.714. The highest BCUT2D eigenvalue weighted by molar-refractivity contribution is 6.04. The number of pyridine rings is 2. The normalized spacial score (nSPS) is 10.2. The molecule has 0 radical (unpaired) electrons. The van der Waals surface area contributed by atoms with E-state index in [0.29, 0.717) is 24.8 Å². The van der Waals surface area contributed by atoms with Crippen molar-refractivity contribution in [1.29, 1.82) is 0 Å². The van der Waals surface area contributed by atoms with Crippen LogP contribution in [0.15, 0.2) is 36.7 Å². The van der Waals surface area contributed by atoms with Gasteiger partial charge in [0, 0.05) is 31.0 Å². The Bertz CT molecular complexity index is 605. The fourth-order valence-corrected chi connectivity index (χ4v) is 1.52. The molecule has 2 aromatic heterocycles. The number of carbonyl (C=O) groups excluding carboxylic acids is 1. The number of hydrogen-bond donors (Lipinski definition) is 1. The standard InChI is InChI=1S/C14H14FN3O3/c1-20-6-7-21-13-3-2-11(9-17-13)18-14(19)10-4-5-16-12(15)8-10/h2-5,8-9H,6-7H2,1H3,(H,18,19). The number of nitrogens with one attached hydrogen (secondary N) is 1. The molecular weight excluding hydrogens is 277 g/mol. The van der Waals surface area contributed by atoms with Crippen LogP contribution in [0.3, 0.4) is 0 Å². The number of amides is 1. The van der Waals surface area contributed by atoms with E-state index in [1.165, 1.54) is 18.5 Å². The van der Waals surface area contributed by atoms with Crippen LogP contribution >= 0.6 is 0 Å². The quantitative estimate of drug-likeness (QED) is 0.650. The molecule has 7 heteroatoms. The molecule has 0 saturated carbocycles. The Morgan fingerprint density at radius 2 is 2.14 bits per heavy atom. The van der Waals surface area contributed by atoms with Gasteiger partial charge in [-0.05, 0) is 12.1 Å². The van der Waals surface area contributed by atoms with Gasteiger partial charge in [0.05, 0.1) is 18.5 Å². The number of methoxy groups -OCH3 is 1. The van der Waals surface area contributed by atoms with Crippen LogP contribution in [-0.2, 0) is 4.74 Å². The first-order valence-electron chi connectivity index (χ1n) is 6.20. The molecule has 2 aromatic rings. The van der Waals surface area contributed by atoms with Crippen molar-refractivity contribution in [2.75, 3.05) is 25.6 Å². The average molecular weight is 291 g/mol. The van der Waals surface area contributed by atoms with Crippen molar-refractivity contribution in [3.63, 3.8) is 0 Å². The number of carbonyl (C=O) groups is 1. The lowest BCUT2D eigenvalue weighted by atomic mass is 10.2. The Balaban J connectivity index is 1.95. The van der Waals surface area contributed by atoms with Crippen molar-refractivity contribution in [3.8, 4) is 5.88 Å². The van der Waals surface area contributed by atoms with Crippen LogP contribution in [0.25, 0.3) is 0 Å². The van der Waals surface area contributed by atoms with Gasteiger partial charge in [-0.1, -0.05) is 0 Å². The molecule has 2 heterocycles. The van der Waals surface area contributed by atoms with Gasteiger partial charge in [0.25, 0.3) is 5.91 Å². The average Bonchev–Trinajstić information content (AvgIpc) is 2.49. The van der Waals surface area contributed by atoms with Gasteiger partial charge in [0.2, 0.25) is 11.8 Å². The molecular formula is C14H14FN3O3. The van der Waals surface area contributed by atoms with Gasteiger partial charge in [0.15, 0.2) is 0 Å². The lowest BCUT2D eigenvalue weighted by Gasteiger charge is -2.07. The lowest BCUT2D eigenvalue weighted by Crippen LogP contribution is -2.12. The van der Waals surface area contributed by atoms with Gasteiger partial charge in [-0.15, -0.1) is 0 Å². The Morgan fingerprint density at radius 1 is 1.29 bits per heavy atom. The molecule has 0 unspecified atom stereocenters. The van der Waals surface area contributed by atoms with Crippen molar-refractivity contribution >= 4 is 11.6 Å². The van der Waals surface area contributed by atoms with Crippen LogP contribution in [0.4, 0.5) is 10.1 Å². The molecule has 0 bridgehead atoms. The minimum absolute atomic E-state index is 0.183. The maximum Gasteiger partial charge on any atom is 0.255 e. The number of rotatable bonds is 6. The molecule has 0 aromatic carbocycles. The molecule has 1 N–H and O–H groups in total. The van der Waals surface area contributed by atoms with Crippen molar-refractivity contribution < 1.29 is 18.7 Å². The number of anilines is 1. The summed E-state index contributed by atoms with van der Waals surface area (Å²) in [4.78, 5) is 19.3. The smallest absolute Gasteiger partial charge is 0.255 e. The third-order valence-electron chi connectivity index (χ3n) is 2.52. The van der Waals surface area contributed by atoms with E-state index in [1.807, 2.05) is 0 Å². The van der Waals surface area contributed by atoms with E-state index in [4.69, 9.17) is 9.47 Å². The van der Waals surface area contributed by atoms with Gasteiger partial charge in [-0.2, -0.15) is 4.39 Å². The minimum atomic E-state index is -0.706. The van der Waals surface area contributed by atoms with Gasteiger partial charge >= 0.3 is 0 Å². The van der Waals surface area contributed by atoms with Crippen LogP contribution in [0.1, 0.15) is 10.4 Å². The van der Waals surface area contributed by atoms with Crippen LogP contribution < -0.4 is 10.1 Å². The van der Waals surface area contributed by atoms with Crippen molar-refractivity contribution in [2.24, 2.45) is 0 Å². The van der Waals surface area contributed by atoms with Crippen LogP contribution in [-0.4, -0.2) is 36.2 Å². The third kappa shape index (κ3) is 4.50. The summed E-state index contributed by atoms with van der Waals surface area (Å²) >= 11 is 0. The van der Waals surface area contributed by atoms with E-state index in [1.54, 1.807) is 19.2 Å². The second kappa shape index (κ2) is 7.30. The predicted octanol–water partition coefficient (Wildman–Crippen LogP) is 1.89. The van der Waals surface area contributed by atoms with Crippen molar-refractivity contribution in [2.45, 2.75) is 0 Å².